The van der Waals surface area contributed by atoms with E-state index in [0.29, 0.717) is 0 Å². The molecule has 6 heteroatoms. The standard InChI is InChI=1S/4ClH.Mo.Zr/h4*1H;;/q;;;;;+4/p-4. The summed E-state index contributed by atoms with van der Waals surface area (Å²) < 4.78 is 0. The van der Waals surface area contributed by atoms with Gasteiger partial charge in [-0.15, -0.1) is 0 Å². The zero-order valence-electron chi connectivity index (χ0n) is 2.42. The summed E-state index contributed by atoms with van der Waals surface area (Å²) in [5.74, 6) is 0. The van der Waals surface area contributed by atoms with Gasteiger partial charge in [-0.2, -0.15) is 0 Å². The molecule has 0 N–H and O–H groups in total. The fourth-order valence-electron chi connectivity index (χ4n) is 0. The van der Waals surface area contributed by atoms with E-state index < -0.39 is 15.5 Å². The Morgan fingerprint density at radius 2 is 0.833 bits per heavy atom. The molecule has 0 rings (SSSR count). The van der Waals surface area contributed by atoms with Gasteiger partial charge in [0.05, 0.1) is 0 Å². The minimum Gasteiger partial charge on any atom is 0 e. The molecule has 0 atom stereocenters. The molecule has 6 heavy (non-hydrogen) atoms. The molecule has 0 unspecified atom stereocenters. The Labute approximate surface area is 69.3 Å². The molecular formula is Cl4MoZr. The molecule has 0 aliphatic carbocycles. The molecule has 0 aliphatic rings. The second-order valence-corrected chi connectivity index (χ2v) is 22.8. The van der Waals surface area contributed by atoms with Crippen molar-refractivity contribution in [3.63, 3.8) is 0 Å². The average molecular weight is 329 g/mol. The molecule has 0 aromatic carbocycles. The summed E-state index contributed by atoms with van der Waals surface area (Å²) in [4.78, 5) is 0. The van der Waals surface area contributed by atoms with Crippen LogP contribution in [-0.2, 0) is 36.6 Å². The van der Waals surface area contributed by atoms with E-state index in [2.05, 4.69) is 0 Å². The molecule has 0 aliphatic heterocycles. The molecule has 0 saturated heterocycles. The molecule has 0 spiro atoms. The Morgan fingerprint density at radius 1 is 0.833 bits per heavy atom. The Hall–Kier alpha value is 2.73. The number of rotatable bonds is 0. The Kier molecular flexibility index (Phi) is 8.82. The maximum atomic E-state index is 5.04. The van der Waals surface area contributed by atoms with E-state index in [0.717, 1.165) is 0 Å². The molecule has 0 fully saturated rings. The smallest absolute Gasteiger partial charge is 0 e. The normalized spacial score (nSPS) is 10.0. The molecule has 0 radical (unpaired) electrons. The molecule has 0 heterocycles. The van der Waals surface area contributed by atoms with Crippen molar-refractivity contribution in [3.8, 4) is 0 Å². The van der Waals surface area contributed by atoms with Crippen molar-refractivity contribution in [1.82, 2.24) is 0 Å². The summed E-state index contributed by atoms with van der Waals surface area (Å²) in [5.41, 5.74) is 0. The van der Waals surface area contributed by atoms with Gasteiger partial charge in [0.2, 0.25) is 0 Å². The van der Waals surface area contributed by atoms with Crippen LogP contribution in [0.1, 0.15) is 0 Å². The molecular weight excluding hydrogens is 329 g/mol. The van der Waals surface area contributed by atoms with E-state index in [4.69, 9.17) is 34.1 Å². The third-order valence-electron chi connectivity index (χ3n) is 0. The van der Waals surface area contributed by atoms with Crippen molar-refractivity contribution in [2.24, 2.45) is 0 Å². The largest absolute Gasteiger partial charge is 0 e. The van der Waals surface area contributed by atoms with E-state index in [9.17, 15) is 0 Å². The molecule has 0 aromatic rings. The first-order valence-corrected chi connectivity index (χ1v) is 13.4. The summed E-state index contributed by atoms with van der Waals surface area (Å²) in [6.45, 7) is 0. The number of hydrogen-bond donors (Lipinski definition) is 0. The fraction of sp³-hybridized carbons (Fsp3) is 0. The average Bonchev–Trinajstić information content (AvgIpc) is 0.722. The summed E-state index contributed by atoms with van der Waals surface area (Å²) in [6, 6.07) is 0. The van der Waals surface area contributed by atoms with Crippen molar-refractivity contribution in [2.45, 2.75) is 0 Å². The number of hydrogen-bond acceptors (Lipinski definition) is 0. The Bertz CT molecular complexity index is 23.0. The Balaban J connectivity index is 0. The SMILES string of the molecule is [Cl][Zr]([Cl])([Cl])[Cl].[Mo]. The molecule has 0 aromatic heterocycles. The van der Waals surface area contributed by atoms with E-state index >= 15 is 0 Å². The van der Waals surface area contributed by atoms with Gasteiger partial charge >= 0.3 is 49.5 Å². The van der Waals surface area contributed by atoms with Crippen LogP contribution in [0.15, 0.2) is 0 Å². The van der Waals surface area contributed by atoms with Gasteiger partial charge in [-0.3, -0.25) is 0 Å². The van der Waals surface area contributed by atoms with Gasteiger partial charge in [0, 0.05) is 21.1 Å². The van der Waals surface area contributed by atoms with Gasteiger partial charge < -0.3 is 0 Å². The van der Waals surface area contributed by atoms with Crippen molar-refractivity contribution in [1.29, 1.82) is 0 Å². The van der Waals surface area contributed by atoms with Crippen molar-refractivity contribution in [2.75, 3.05) is 0 Å². The first kappa shape index (κ1) is 11.5. The van der Waals surface area contributed by atoms with Gasteiger partial charge in [0.15, 0.2) is 0 Å². The van der Waals surface area contributed by atoms with Gasteiger partial charge in [-0.05, 0) is 0 Å². The first-order chi connectivity index (χ1) is 2.00. The topological polar surface area (TPSA) is 0 Å². The van der Waals surface area contributed by atoms with E-state index in [1.807, 2.05) is 0 Å². The van der Waals surface area contributed by atoms with Crippen molar-refractivity contribution < 1.29 is 36.6 Å². The zero-order chi connectivity index (χ0) is 4.50. The zero-order valence-corrected chi connectivity index (χ0v) is 9.91. The predicted molar refractivity (Wildman–Crippen MR) is 23.4 cm³/mol. The van der Waals surface area contributed by atoms with Crippen molar-refractivity contribution in [3.05, 3.63) is 0 Å². The third kappa shape index (κ3) is 29.6. The maximum Gasteiger partial charge on any atom is 0 e. The minimum atomic E-state index is -3.29. The first-order valence-electron chi connectivity index (χ1n) is 0.756. The third-order valence-corrected chi connectivity index (χ3v) is 0. The van der Waals surface area contributed by atoms with E-state index in [1.165, 1.54) is 0 Å². The van der Waals surface area contributed by atoms with Crippen LogP contribution in [0.5, 0.6) is 0 Å². The van der Waals surface area contributed by atoms with Crippen LogP contribution in [0.2, 0.25) is 0 Å². The second-order valence-electron chi connectivity index (χ2n) is 0.429. The minimum absolute atomic E-state index is 0. The van der Waals surface area contributed by atoms with Crippen LogP contribution < -0.4 is 0 Å². The van der Waals surface area contributed by atoms with Crippen LogP contribution >= 0.6 is 34.1 Å². The summed E-state index contributed by atoms with van der Waals surface area (Å²) in [5, 5.41) is 0. The van der Waals surface area contributed by atoms with E-state index in [-0.39, 0.29) is 21.1 Å². The maximum absolute atomic E-state index is 5.04. The van der Waals surface area contributed by atoms with Gasteiger partial charge in [0.1, 0.15) is 0 Å². The van der Waals surface area contributed by atoms with Gasteiger partial charge in [-0.25, -0.2) is 0 Å². The van der Waals surface area contributed by atoms with Crippen LogP contribution in [0.25, 0.3) is 0 Å². The van der Waals surface area contributed by atoms with Crippen LogP contribution in [-0.4, -0.2) is 0 Å². The Morgan fingerprint density at radius 3 is 0.833 bits per heavy atom. The van der Waals surface area contributed by atoms with E-state index in [1.54, 1.807) is 0 Å². The second kappa shape index (κ2) is 4.60. The van der Waals surface area contributed by atoms with Crippen LogP contribution in [0.4, 0.5) is 0 Å². The van der Waals surface area contributed by atoms with Crippen LogP contribution in [0, 0.1) is 0 Å². The molecule has 0 amide bonds. The van der Waals surface area contributed by atoms with Crippen molar-refractivity contribution >= 4 is 34.1 Å². The summed E-state index contributed by atoms with van der Waals surface area (Å²) in [7, 11) is 20.1. The molecule has 0 nitrogen and oxygen atoms in total. The van der Waals surface area contributed by atoms with Gasteiger partial charge in [-0.1, -0.05) is 0 Å². The molecule has 38 valence electrons. The molecule has 0 bridgehead atoms. The van der Waals surface area contributed by atoms with Gasteiger partial charge in [0.25, 0.3) is 0 Å². The summed E-state index contributed by atoms with van der Waals surface area (Å²) in [6.07, 6.45) is 0. The fourth-order valence-corrected chi connectivity index (χ4v) is 0. The molecule has 0 saturated carbocycles. The van der Waals surface area contributed by atoms with Crippen LogP contribution in [0.3, 0.4) is 0 Å². The summed E-state index contributed by atoms with van der Waals surface area (Å²) >= 11 is -3.29. The predicted octanol–water partition coefficient (Wildman–Crippen LogP) is 2.75. The quantitative estimate of drug-likeness (QED) is 0.600. The number of halogens is 4. The monoisotopic (exact) mass is 328 g/mol.